The number of hydrogen-bond donors (Lipinski definition) is 2. The number of nitrogens with zero attached hydrogens (tertiary/aromatic N) is 1. The van der Waals surface area contributed by atoms with E-state index >= 15 is 0 Å². The van der Waals surface area contributed by atoms with Crippen LogP contribution in [0, 0.1) is 5.92 Å². The van der Waals surface area contributed by atoms with Crippen LogP contribution in [0.1, 0.15) is 33.1 Å². The summed E-state index contributed by atoms with van der Waals surface area (Å²) in [7, 11) is 0. The molecule has 84 valence electrons. The molecule has 0 saturated carbocycles. The minimum atomic E-state index is -0.345. The van der Waals surface area contributed by atoms with Crippen LogP contribution in [0.15, 0.2) is 0 Å². The average molecular weight is 200 g/mol. The number of likely N-dealkylation sites (tertiary alicyclic amines) is 1. The molecule has 1 saturated heterocycles. The van der Waals surface area contributed by atoms with Gasteiger partial charge >= 0.3 is 0 Å². The van der Waals surface area contributed by atoms with Crippen molar-refractivity contribution in [1.82, 2.24) is 4.90 Å². The van der Waals surface area contributed by atoms with E-state index in [1.54, 1.807) is 0 Å². The summed E-state index contributed by atoms with van der Waals surface area (Å²) in [6, 6.07) is 0.677. The lowest BCUT2D eigenvalue weighted by Gasteiger charge is -2.27. The number of aliphatic hydroxyl groups excluding tert-OH is 1. The first kappa shape index (κ1) is 12.0. The SMILES string of the molecule is CC(C)CC1CCCN1C[C@H](O)CN. The smallest absolute Gasteiger partial charge is 0.0789 e. The van der Waals surface area contributed by atoms with Crippen molar-refractivity contribution < 1.29 is 5.11 Å². The molecule has 1 aliphatic heterocycles. The van der Waals surface area contributed by atoms with Crippen LogP contribution in [0.3, 0.4) is 0 Å². The van der Waals surface area contributed by atoms with Crippen LogP contribution in [-0.4, -0.2) is 41.8 Å². The van der Waals surface area contributed by atoms with Gasteiger partial charge in [-0.1, -0.05) is 13.8 Å². The maximum absolute atomic E-state index is 9.50. The number of aliphatic hydroxyl groups is 1. The van der Waals surface area contributed by atoms with Gasteiger partial charge in [-0.25, -0.2) is 0 Å². The summed E-state index contributed by atoms with van der Waals surface area (Å²) >= 11 is 0. The van der Waals surface area contributed by atoms with Gasteiger partial charge in [0.15, 0.2) is 0 Å². The molecule has 0 aliphatic carbocycles. The quantitative estimate of drug-likeness (QED) is 0.690. The highest BCUT2D eigenvalue weighted by atomic mass is 16.3. The Kier molecular flexibility index (Phi) is 4.85. The lowest BCUT2D eigenvalue weighted by molar-refractivity contribution is 0.106. The van der Waals surface area contributed by atoms with E-state index in [1.807, 2.05) is 0 Å². The van der Waals surface area contributed by atoms with Gasteiger partial charge in [-0.3, -0.25) is 4.90 Å². The lowest BCUT2D eigenvalue weighted by atomic mass is 10.0. The topological polar surface area (TPSA) is 49.5 Å². The van der Waals surface area contributed by atoms with Crippen LogP contribution >= 0.6 is 0 Å². The second-order valence-electron chi connectivity index (χ2n) is 4.81. The monoisotopic (exact) mass is 200 g/mol. The predicted molar refractivity (Wildman–Crippen MR) is 59.1 cm³/mol. The molecular weight excluding hydrogens is 176 g/mol. The summed E-state index contributed by atoms with van der Waals surface area (Å²) in [5.74, 6) is 0.746. The summed E-state index contributed by atoms with van der Waals surface area (Å²) in [6.45, 7) is 6.79. The Morgan fingerprint density at radius 2 is 2.21 bits per heavy atom. The Bertz CT molecular complexity index is 161. The fourth-order valence-electron chi connectivity index (χ4n) is 2.29. The third-order valence-electron chi connectivity index (χ3n) is 2.96. The minimum absolute atomic E-state index is 0.345. The lowest BCUT2D eigenvalue weighted by Crippen LogP contribution is -2.39. The number of β-amino-alcohol motifs (C(OH)–C–C–N with tert-alkyl or cyclic N) is 1. The molecule has 14 heavy (non-hydrogen) atoms. The zero-order valence-electron chi connectivity index (χ0n) is 9.45. The highest BCUT2D eigenvalue weighted by Gasteiger charge is 2.26. The molecule has 3 heteroatoms. The van der Waals surface area contributed by atoms with Gasteiger partial charge in [-0.15, -0.1) is 0 Å². The molecular formula is C11H24N2O. The van der Waals surface area contributed by atoms with Gasteiger partial charge in [0.2, 0.25) is 0 Å². The highest BCUT2D eigenvalue weighted by Crippen LogP contribution is 2.23. The molecule has 1 unspecified atom stereocenters. The van der Waals surface area contributed by atoms with Crippen molar-refractivity contribution in [3.63, 3.8) is 0 Å². The molecule has 1 aliphatic rings. The third kappa shape index (κ3) is 3.56. The van der Waals surface area contributed by atoms with E-state index in [0.29, 0.717) is 12.6 Å². The second kappa shape index (κ2) is 5.69. The van der Waals surface area contributed by atoms with Crippen LogP contribution in [0.25, 0.3) is 0 Å². The molecule has 0 radical (unpaired) electrons. The Morgan fingerprint density at radius 3 is 2.79 bits per heavy atom. The standard InChI is InChI=1S/C11H24N2O/c1-9(2)6-10-4-3-5-13(10)8-11(14)7-12/h9-11,14H,3-8,12H2,1-2H3/t10?,11-/m1/s1. The molecule has 3 nitrogen and oxygen atoms in total. The fraction of sp³-hybridized carbons (Fsp3) is 1.00. The Hall–Kier alpha value is -0.120. The molecule has 3 N–H and O–H groups in total. The number of nitrogens with two attached hydrogens (primary N) is 1. The summed E-state index contributed by atoms with van der Waals surface area (Å²) in [4.78, 5) is 2.40. The Labute approximate surface area is 87.3 Å². The molecule has 0 spiro atoms. The predicted octanol–water partition coefficient (Wildman–Crippen LogP) is 0.817. The van der Waals surface area contributed by atoms with Crippen molar-refractivity contribution in [1.29, 1.82) is 0 Å². The van der Waals surface area contributed by atoms with Crippen molar-refractivity contribution in [2.75, 3.05) is 19.6 Å². The molecule has 0 aromatic rings. The molecule has 0 aromatic carbocycles. The van der Waals surface area contributed by atoms with Gasteiger partial charge in [-0.2, -0.15) is 0 Å². The molecule has 0 aromatic heterocycles. The minimum Gasteiger partial charge on any atom is -0.390 e. The summed E-state index contributed by atoms with van der Waals surface area (Å²) in [6.07, 6.45) is 3.46. The van der Waals surface area contributed by atoms with Crippen molar-refractivity contribution in [2.24, 2.45) is 11.7 Å². The third-order valence-corrected chi connectivity index (χ3v) is 2.96. The van der Waals surface area contributed by atoms with Crippen LogP contribution in [-0.2, 0) is 0 Å². The van der Waals surface area contributed by atoms with E-state index in [-0.39, 0.29) is 6.10 Å². The van der Waals surface area contributed by atoms with Crippen molar-refractivity contribution in [2.45, 2.75) is 45.3 Å². The van der Waals surface area contributed by atoms with Gasteiger partial charge in [0, 0.05) is 19.1 Å². The van der Waals surface area contributed by atoms with Gasteiger partial charge in [-0.05, 0) is 31.7 Å². The van der Waals surface area contributed by atoms with Crippen molar-refractivity contribution in [3.05, 3.63) is 0 Å². The van der Waals surface area contributed by atoms with E-state index < -0.39 is 0 Å². The first-order chi connectivity index (χ1) is 6.63. The zero-order valence-corrected chi connectivity index (χ0v) is 9.45. The summed E-state index contributed by atoms with van der Waals surface area (Å²) < 4.78 is 0. The van der Waals surface area contributed by atoms with E-state index in [4.69, 9.17) is 5.73 Å². The van der Waals surface area contributed by atoms with E-state index in [0.717, 1.165) is 19.0 Å². The van der Waals surface area contributed by atoms with Gasteiger partial charge in [0.05, 0.1) is 6.10 Å². The van der Waals surface area contributed by atoms with E-state index in [2.05, 4.69) is 18.7 Å². The van der Waals surface area contributed by atoms with Crippen LogP contribution in [0.4, 0.5) is 0 Å². The Balaban J connectivity index is 2.35. The van der Waals surface area contributed by atoms with E-state index in [1.165, 1.54) is 19.3 Å². The largest absolute Gasteiger partial charge is 0.390 e. The number of rotatable bonds is 5. The van der Waals surface area contributed by atoms with E-state index in [9.17, 15) is 5.11 Å². The average Bonchev–Trinajstić information content (AvgIpc) is 2.52. The first-order valence-electron chi connectivity index (χ1n) is 5.75. The van der Waals surface area contributed by atoms with Crippen LogP contribution in [0.5, 0.6) is 0 Å². The van der Waals surface area contributed by atoms with Gasteiger partial charge in [0.25, 0.3) is 0 Å². The molecule has 0 amide bonds. The normalized spacial score (nSPS) is 25.9. The maximum atomic E-state index is 9.50. The summed E-state index contributed by atoms with van der Waals surface area (Å²) in [5.41, 5.74) is 5.42. The maximum Gasteiger partial charge on any atom is 0.0789 e. The summed E-state index contributed by atoms with van der Waals surface area (Å²) in [5, 5.41) is 9.50. The van der Waals surface area contributed by atoms with Crippen molar-refractivity contribution in [3.8, 4) is 0 Å². The second-order valence-corrected chi connectivity index (χ2v) is 4.81. The van der Waals surface area contributed by atoms with Crippen LogP contribution < -0.4 is 5.73 Å². The van der Waals surface area contributed by atoms with Gasteiger partial charge in [0.1, 0.15) is 0 Å². The molecule has 0 bridgehead atoms. The molecule has 1 rings (SSSR count). The zero-order chi connectivity index (χ0) is 10.6. The number of hydrogen-bond acceptors (Lipinski definition) is 3. The first-order valence-corrected chi connectivity index (χ1v) is 5.75. The van der Waals surface area contributed by atoms with Crippen LogP contribution in [0.2, 0.25) is 0 Å². The molecule has 2 atom stereocenters. The van der Waals surface area contributed by atoms with Crippen molar-refractivity contribution >= 4 is 0 Å². The Morgan fingerprint density at radius 1 is 1.50 bits per heavy atom. The highest BCUT2D eigenvalue weighted by molar-refractivity contribution is 4.81. The fourth-order valence-corrected chi connectivity index (χ4v) is 2.29. The molecule has 1 heterocycles. The molecule has 1 fully saturated rings. The van der Waals surface area contributed by atoms with Gasteiger partial charge < -0.3 is 10.8 Å².